The number of rotatable bonds is 5. The fraction of sp³-hybridized carbons (Fsp3) is 0.429. The summed E-state index contributed by atoms with van der Waals surface area (Å²) in [6.45, 7) is 4.10. The van der Waals surface area contributed by atoms with Gasteiger partial charge in [0.2, 0.25) is 0 Å². The second kappa shape index (κ2) is 6.09. The summed E-state index contributed by atoms with van der Waals surface area (Å²) in [6, 6.07) is 4.20. The Kier molecular flexibility index (Phi) is 4.44. The van der Waals surface area contributed by atoms with Gasteiger partial charge in [-0.05, 0) is 17.9 Å². The Bertz CT molecular complexity index is 590. The lowest BCUT2D eigenvalue weighted by atomic mass is 10.1. The van der Waals surface area contributed by atoms with Crippen LogP contribution in [0.4, 0.5) is 5.82 Å². The number of aryl methyl sites for hydroxylation is 1. The van der Waals surface area contributed by atoms with E-state index in [1.54, 1.807) is 11.3 Å². The highest BCUT2D eigenvalue weighted by Crippen LogP contribution is 2.31. The molecule has 0 aliphatic heterocycles. The standard InChI is InChI=1S/C14H19N3O2S/c1-4-9(10-7-6-8-20-10)17-11(5-2)16-12(13(17)15)14(18)19-3/h6-9H,4-5,15H2,1-3H3. The lowest BCUT2D eigenvalue weighted by Crippen LogP contribution is -2.15. The average Bonchev–Trinajstić information content (AvgIpc) is 3.09. The molecule has 0 saturated heterocycles. The molecule has 0 aliphatic rings. The van der Waals surface area contributed by atoms with E-state index in [1.165, 1.54) is 12.0 Å². The summed E-state index contributed by atoms with van der Waals surface area (Å²) in [5.41, 5.74) is 6.35. The normalized spacial score (nSPS) is 12.3. The summed E-state index contributed by atoms with van der Waals surface area (Å²) in [7, 11) is 1.34. The van der Waals surface area contributed by atoms with Crippen LogP contribution in [0.5, 0.6) is 0 Å². The number of carbonyl (C=O) groups excluding carboxylic acids is 1. The van der Waals surface area contributed by atoms with E-state index in [-0.39, 0.29) is 11.7 Å². The zero-order valence-corrected chi connectivity index (χ0v) is 12.7. The van der Waals surface area contributed by atoms with Crippen molar-refractivity contribution in [3.63, 3.8) is 0 Å². The van der Waals surface area contributed by atoms with Gasteiger partial charge in [-0.3, -0.25) is 0 Å². The van der Waals surface area contributed by atoms with Crippen molar-refractivity contribution in [2.45, 2.75) is 32.7 Å². The third kappa shape index (κ3) is 2.43. The van der Waals surface area contributed by atoms with Crippen LogP contribution in [0.15, 0.2) is 17.5 Å². The number of ether oxygens (including phenoxy) is 1. The number of carbonyl (C=O) groups is 1. The Hall–Kier alpha value is -1.82. The van der Waals surface area contributed by atoms with Gasteiger partial charge in [-0.2, -0.15) is 0 Å². The largest absolute Gasteiger partial charge is 0.464 e. The molecule has 1 unspecified atom stereocenters. The molecule has 1 atom stereocenters. The second-order valence-corrected chi connectivity index (χ2v) is 5.40. The van der Waals surface area contributed by atoms with Crippen LogP contribution in [-0.4, -0.2) is 22.6 Å². The van der Waals surface area contributed by atoms with Gasteiger partial charge in [0.1, 0.15) is 11.6 Å². The fourth-order valence-corrected chi connectivity index (χ4v) is 3.23. The van der Waals surface area contributed by atoms with Crippen molar-refractivity contribution in [2.24, 2.45) is 0 Å². The number of imidazole rings is 1. The molecule has 20 heavy (non-hydrogen) atoms. The number of nitrogens with two attached hydrogens (primary N) is 1. The Labute approximate surface area is 122 Å². The van der Waals surface area contributed by atoms with Crippen molar-refractivity contribution in [3.8, 4) is 0 Å². The molecule has 0 radical (unpaired) electrons. The molecule has 2 heterocycles. The number of aromatic nitrogens is 2. The van der Waals surface area contributed by atoms with Gasteiger partial charge < -0.3 is 15.0 Å². The van der Waals surface area contributed by atoms with E-state index in [4.69, 9.17) is 10.5 Å². The molecule has 0 aliphatic carbocycles. The molecule has 2 N–H and O–H groups in total. The molecule has 2 aromatic heterocycles. The van der Waals surface area contributed by atoms with Crippen LogP contribution >= 0.6 is 11.3 Å². The van der Waals surface area contributed by atoms with E-state index in [9.17, 15) is 4.79 Å². The first-order valence-electron chi connectivity index (χ1n) is 6.62. The molecule has 2 aromatic rings. The third-order valence-electron chi connectivity index (χ3n) is 3.29. The zero-order valence-electron chi connectivity index (χ0n) is 11.9. The number of anilines is 1. The van der Waals surface area contributed by atoms with Crippen molar-refractivity contribution in [3.05, 3.63) is 33.9 Å². The minimum atomic E-state index is -0.489. The molecule has 0 fully saturated rings. The summed E-state index contributed by atoms with van der Waals surface area (Å²) in [6.07, 6.45) is 1.59. The molecule has 5 nitrogen and oxygen atoms in total. The van der Waals surface area contributed by atoms with E-state index in [1.807, 2.05) is 22.9 Å². The van der Waals surface area contributed by atoms with Gasteiger partial charge in [0.05, 0.1) is 13.2 Å². The Morgan fingerprint density at radius 2 is 2.30 bits per heavy atom. The molecule has 108 valence electrons. The van der Waals surface area contributed by atoms with Gasteiger partial charge in [0.25, 0.3) is 0 Å². The van der Waals surface area contributed by atoms with Crippen molar-refractivity contribution < 1.29 is 9.53 Å². The topological polar surface area (TPSA) is 70.1 Å². The maximum atomic E-state index is 11.7. The molecule has 0 aromatic carbocycles. The summed E-state index contributed by atoms with van der Waals surface area (Å²) in [5.74, 6) is 0.703. The Balaban J connectivity index is 2.54. The van der Waals surface area contributed by atoms with Crippen molar-refractivity contribution >= 4 is 23.1 Å². The SMILES string of the molecule is CCc1nc(C(=O)OC)c(N)n1C(CC)c1cccs1. The molecule has 0 bridgehead atoms. The van der Waals surface area contributed by atoms with Gasteiger partial charge in [-0.1, -0.05) is 19.9 Å². The lowest BCUT2D eigenvalue weighted by Gasteiger charge is -2.19. The summed E-state index contributed by atoms with van der Waals surface area (Å²) >= 11 is 1.68. The predicted octanol–water partition coefficient (Wildman–Crippen LogP) is 2.88. The maximum Gasteiger partial charge on any atom is 0.360 e. The molecule has 6 heteroatoms. The predicted molar refractivity (Wildman–Crippen MR) is 80.1 cm³/mol. The summed E-state index contributed by atoms with van der Waals surface area (Å²) in [4.78, 5) is 17.3. The molecule has 2 rings (SSSR count). The Morgan fingerprint density at radius 1 is 1.55 bits per heavy atom. The quantitative estimate of drug-likeness (QED) is 0.861. The highest BCUT2D eigenvalue weighted by Gasteiger charge is 2.25. The van der Waals surface area contributed by atoms with Crippen LogP contribution < -0.4 is 5.73 Å². The average molecular weight is 293 g/mol. The molecule has 0 saturated carbocycles. The van der Waals surface area contributed by atoms with Crippen LogP contribution in [0, 0.1) is 0 Å². The summed E-state index contributed by atoms with van der Waals surface area (Å²) in [5, 5.41) is 2.04. The fourth-order valence-electron chi connectivity index (χ4n) is 2.33. The van der Waals surface area contributed by atoms with Crippen molar-refractivity contribution in [2.75, 3.05) is 12.8 Å². The number of hydrogen-bond acceptors (Lipinski definition) is 5. The maximum absolute atomic E-state index is 11.7. The van der Waals surface area contributed by atoms with Crippen LogP contribution in [0.25, 0.3) is 0 Å². The first-order chi connectivity index (χ1) is 9.63. The van der Waals surface area contributed by atoms with Crippen LogP contribution in [0.1, 0.15) is 47.5 Å². The smallest absolute Gasteiger partial charge is 0.360 e. The van der Waals surface area contributed by atoms with E-state index in [0.717, 1.165) is 12.2 Å². The number of thiophene rings is 1. The van der Waals surface area contributed by atoms with Crippen LogP contribution in [0.3, 0.4) is 0 Å². The van der Waals surface area contributed by atoms with Gasteiger partial charge in [-0.15, -0.1) is 11.3 Å². The van der Waals surface area contributed by atoms with Crippen LogP contribution in [-0.2, 0) is 11.2 Å². The van der Waals surface area contributed by atoms with Gasteiger partial charge in [-0.25, -0.2) is 9.78 Å². The highest BCUT2D eigenvalue weighted by atomic mass is 32.1. The summed E-state index contributed by atoms with van der Waals surface area (Å²) < 4.78 is 6.70. The number of nitrogens with zero attached hydrogens (tertiary/aromatic N) is 2. The van der Waals surface area contributed by atoms with Gasteiger partial charge in [0, 0.05) is 11.3 Å². The number of esters is 1. The zero-order chi connectivity index (χ0) is 14.7. The van der Waals surface area contributed by atoms with Gasteiger partial charge >= 0.3 is 5.97 Å². The van der Waals surface area contributed by atoms with Crippen molar-refractivity contribution in [1.82, 2.24) is 9.55 Å². The monoisotopic (exact) mass is 293 g/mol. The molecule has 0 amide bonds. The first kappa shape index (κ1) is 14.6. The van der Waals surface area contributed by atoms with E-state index in [2.05, 4.69) is 18.0 Å². The minimum Gasteiger partial charge on any atom is -0.464 e. The van der Waals surface area contributed by atoms with E-state index < -0.39 is 5.97 Å². The van der Waals surface area contributed by atoms with Crippen LogP contribution in [0.2, 0.25) is 0 Å². The minimum absolute atomic E-state index is 0.107. The Morgan fingerprint density at radius 3 is 2.80 bits per heavy atom. The lowest BCUT2D eigenvalue weighted by molar-refractivity contribution is 0.0595. The van der Waals surface area contributed by atoms with E-state index in [0.29, 0.717) is 12.2 Å². The molecular formula is C14H19N3O2S. The number of nitrogen functional groups attached to an aromatic ring is 1. The second-order valence-electron chi connectivity index (χ2n) is 4.42. The number of methoxy groups -OCH3 is 1. The molecule has 0 spiro atoms. The third-order valence-corrected chi connectivity index (χ3v) is 4.26. The van der Waals surface area contributed by atoms with Crippen molar-refractivity contribution in [1.29, 1.82) is 0 Å². The number of hydrogen-bond donors (Lipinski definition) is 1. The first-order valence-corrected chi connectivity index (χ1v) is 7.50. The van der Waals surface area contributed by atoms with E-state index >= 15 is 0 Å². The van der Waals surface area contributed by atoms with Gasteiger partial charge in [0.15, 0.2) is 5.69 Å². The highest BCUT2D eigenvalue weighted by molar-refractivity contribution is 7.10. The molecular weight excluding hydrogens is 274 g/mol.